The zero-order valence-electron chi connectivity index (χ0n) is 4.59. The molecule has 0 bridgehead atoms. The predicted octanol–water partition coefficient (Wildman–Crippen LogP) is 0.217. The summed E-state index contributed by atoms with van der Waals surface area (Å²) in [5, 5.41) is 0. The van der Waals surface area contributed by atoms with Gasteiger partial charge in [-0.1, -0.05) is 0 Å². The van der Waals surface area contributed by atoms with Crippen LogP contribution < -0.4 is 0 Å². The molecule has 3 rings (SSSR count). The molecular weight excluding hydrogens is 86.1 g/mol. The highest BCUT2D eigenvalue weighted by Crippen LogP contribution is 2.66. The van der Waals surface area contributed by atoms with Crippen molar-refractivity contribution in [2.45, 2.75) is 18.5 Å². The zero-order chi connectivity index (χ0) is 4.65. The van der Waals surface area contributed by atoms with Gasteiger partial charge in [0, 0.05) is 6.42 Å². The van der Waals surface area contributed by atoms with Crippen LogP contribution in [0.4, 0.5) is 0 Å². The maximum absolute atomic E-state index is 2.40. The van der Waals surface area contributed by atoms with Crippen molar-refractivity contribution in [1.29, 1.82) is 0 Å². The van der Waals surface area contributed by atoms with E-state index in [-0.39, 0.29) is 0 Å². The average molecular weight is 96.2 g/mol. The van der Waals surface area contributed by atoms with Gasteiger partial charge in [0.2, 0.25) is 0 Å². The van der Waals surface area contributed by atoms with Crippen molar-refractivity contribution in [2.24, 2.45) is 5.92 Å². The topological polar surface area (TPSA) is 0 Å². The number of nitrogens with zero attached hydrogens (tertiary/aromatic N) is 1. The summed E-state index contributed by atoms with van der Waals surface area (Å²) in [6.45, 7) is 1.52. The molecule has 2 saturated heterocycles. The third-order valence-corrected chi connectivity index (χ3v) is 3.40. The Labute approximate surface area is 43.5 Å². The second-order valence-corrected chi connectivity index (χ2v) is 3.58. The first-order chi connectivity index (χ1) is 3.32. The smallest absolute Gasteiger partial charge is 0.150 e. The molecule has 0 amide bonds. The normalized spacial score (nSPS) is 81.0. The minimum absolute atomic E-state index is 1.16. The lowest BCUT2D eigenvalue weighted by Crippen LogP contribution is -2.42. The lowest BCUT2D eigenvalue weighted by Gasteiger charge is -2.26. The number of hydrogen-bond donors (Lipinski definition) is 0. The molecule has 1 saturated carbocycles. The van der Waals surface area contributed by atoms with Gasteiger partial charge >= 0.3 is 0 Å². The average Bonchev–Trinajstić information content (AvgIpc) is 2.00. The summed E-state index contributed by atoms with van der Waals surface area (Å²) in [6, 6.07) is 2.34. The van der Waals surface area contributed by atoms with Gasteiger partial charge in [-0.25, -0.2) is 0 Å². The van der Waals surface area contributed by atoms with Crippen LogP contribution >= 0.6 is 0 Å². The van der Waals surface area contributed by atoms with E-state index in [1.807, 2.05) is 0 Å². The van der Waals surface area contributed by atoms with Gasteiger partial charge in [0.25, 0.3) is 0 Å². The molecule has 7 heavy (non-hydrogen) atoms. The van der Waals surface area contributed by atoms with Crippen LogP contribution in [0.2, 0.25) is 0 Å². The Morgan fingerprint density at radius 2 is 2.43 bits per heavy atom. The van der Waals surface area contributed by atoms with Gasteiger partial charge in [0.15, 0.2) is 6.04 Å². The van der Waals surface area contributed by atoms with Gasteiger partial charge in [-0.3, -0.25) is 0 Å². The van der Waals surface area contributed by atoms with E-state index in [2.05, 4.69) is 7.05 Å². The van der Waals surface area contributed by atoms with Crippen molar-refractivity contribution < 1.29 is 4.48 Å². The molecule has 1 heteroatoms. The first-order valence-electron chi connectivity index (χ1n) is 3.17. The van der Waals surface area contributed by atoms with E-state index >= 15 is 0 Å². The minimum atomic E-state index is 1.16. The van der Waals surface area contributed by atoms with Gasteiger partial charge in [0.1, 0.15) is 6.04 Å². The second kappa shape index (κ2) is 0.510. The molecule has 1 aliphatic carbocycles. The van der Waals surface area contributed by atoms with E-state index in [1.54, 1.807) is 6.42 Å². The molecule has 2 aliphatic heterocycles. The zero-order valence-corrected chi connectivity index (χ0v) is 4.59. The lowest BCUT2D eigenvalue weighted by atomic mass is 9.84. The molecular formula is C6H10N+. The molecule has 0 radical (unpaired) electrons. The van der Waals surface area contributed by atoms with Gasteiger partial charge < -0.3 is 4.48 Å². The number of fused-ring (bicyclic) bond motifs is 1. The third kappa shape index (κ3) is 0.129. The van der Waals surface area contributed by atoms with Gasteiger partial charge in [-0.05, 0) is 0 Å². The predicted molar refractivity (Wildman–Crippen MR) is 26.7 cm³/mol. The Kier molecular flexibility index (Phi) is 0.224. The SMILES string of the molecule is C[N+]12CC3CC1C32. The number of hydrogen-bond acceptors (Lipinski definition) is 0. The van der Waals surface area contributed by atoms with Gasteiger partial charge in [-0.2, -0.15) is 0 Å². The fraction of sp³-hybridized carbons (Fsp3) is 1.00. The molecule has 1 nitrogen and oxygen atoms in total. The lowest BCUT2D eigenvalue weighted by molar-refractivity contribution is -0.829. The van der Waals surface area contributed by atoms with Crippen molar-refractivity contribution in [3.05, 3.63) is 0 Å². The van der Waals surface area contributed by atoms with Crippen molar-refractivity contribution in [3.63, 3.8) is 0 Å². The molecule has 0 aromatic heterocycles. The first kappa shape index (κ1) is 3.08. The molecule has 3 aliphatic rings. The minimum Gasteiger partial charge on any atom is -0.310 e. The quantitative estimate of drug-likeness (QED) is 0.299. The fourth-order valence-corrected chi connectivity index (χ4v) is 2.85. The summed E-state index contributed by atoms with van der Waals surface area (Å²) in [7, 11) is 2.40. The van der Waals surface area contributed by atoms with Crippen LogP contribution in [0, 0.1) is 5.92 Å². The highest BCUT2D eigenvalue weighted by Gasteiger charge is 2.84. The van der Waals surface area contributed by atoms with E-state index in [0.717, 1.165) is 6.04 Å². The van der Waals surface area contributed by atoms with Gasteiger partial charge in [-0.15, -0.1) is 0 Å². The first-order valence-corrected chi connectivity index (χ1v) is 3.17. The Morgan fingerprint density at radius 1 is 1.57 bits per heavy atom. The van der Waals surface area contributed by atoms with Crippen LogP contribution in [0.15, 0.2) is 0 Å². The molecule has 0 aromatic rings. The van der Waals surface area contributed by atoms with E-state index in [0.29, 0.717) is 0 Å². The molecule has 0 N–H and O–H groups in total. The molecule has 0 aromatic carbocycles. The maximum atomic E-state index is 2.40. The van der Waals surface area contributed by atoms with E-state index in [4.69, 9.17) is 0 Å². The molecule has 2 heterocycles. The molecule has 3 fully saturated rings. The Morgan fingerprint density at radius 3 is 2.43 bits per heavy atom. The van der Waals surface area contributed by atoms with Crippen LogP contribution in [-0.4, -0.2) is 30.2 Å². The summed E-state index contributed by atoms with van der Waals surface area (Å²) < 4.78 is 1.48. The molecule has 38 valence electrons. The van der Waals surface area contributed by atoms with Crippen LogP contribution in [-0.2, 0) is 0 Å². The van der Waals surface area contributed by atoms with Crippen molar-refractivity contribution >= 4 is 0 Å². The Hall–Kier alpha value is -0.0400. The highest BCUT2D eigenvalue weighted by molar-refractivity contribution is 5.12. The van der Waals surface area contributed by atoms with Gasteiger partial charge in [0.05, 0.1) is 19.5 Å². The third-order valence-electron chi connectivity index (χ3n) is 3.40. The number of piperidine rings is 1. The van der Waals surface area contributed by atoms with Crippen LogP contribution in [0.25, 0.3) is 0 Å². The highest BCUT2D eigenvalue weighted by atomic mass is 15.6. The summed E-state index contributed by atoms with van der Waals surface area (Å²) >= 11 is 0. The second-order valence-electron chi connectivity index (χ2n) is 3.58. The number of likely N-dealkylation sites (N-methyl/N-ethyl adjacent to an activating group) is 1. The Bertz CT molecular complexity index is 137. The Balaban J connectivity index is 2.16. The molecule has 0 spiro atoms. The summed E-state index contributed by atoms with van der Waals surface area (Å²) in [5.74, 6) is 1.19. The summed E-state index contributed by atoms with van der Waals surface area (Å²) in [5.41, 5.74) is 0. The maximum Gasteiger partial charge on any atom is 0.150 e. The summed E-state index contributed by atoms with van der Waals surface area (Å²) in [6.07, 6.45) is 1.57. The van der Waals surface area contributed by atoms with Crippen LogP contribution in [0.1, 0.15) is 6.42 Å². The van der Waals surface area contributed by atoms with E-state index in [1.165, 1.54) is 23.0 Å². The standard InChI is InChI=1S/C6H10N/c1-7-3-4-2-5(7)6(4)7/h4-6H,2-3H2,1H3/q+1. The number of rotatable bonds is 0. The van der Waals surface area contributed by atoms with Crippen molar-refractivity contribution in [3.8, 4) is 0 Å². The van der Waals surface area contributed by atoms with E-state index < -0.39 is 0 Å². The van der Waals surface area contributed by atoms with Crippen LogP contribution in [0.5, 0.6) is 0 Å². The molecule has 4 atom stereocenters. The monoisotopic (exact) mass is 96.1 g/mol. The molecule has 4 unspecified atom stereocenters. The van der Waals surface area contributed by atoms with Crippen molar-refractivity contribution in [2.75, 3.05) is 13.6 Å². The largest absolute Gasteiger partial charge is 0.310 e. The fourth-order valence-electron chi connectivity index (χ4n) is 2.85. The van der Waals surface area contributed by atoms with E-state index in [9.17, 15) is 0 Å². The summed E-state index contributed by atoms with van der Waals surface area (Å²) in [4.78, 5) is 0. The van der Waals surface area contributed by atoms with Crippen LogP contribution in [0.3, 0.4) is 0 Å². The number of quaternary nitrogens is 1. The van der Waals surface area contributed by atoms with Crippen molar-refractivity contribution in [1.82, 2.24) is 0 Å².